The van der Waals surface area contributed by atoms with Gasteiger partial charge in [0, 0.05) is 42.1 Å². The highest BCUT2D eigenvalue weighted by atomic mass is 35.5. The molecule has 1 aliphatic rings. The first-order valence-electron chi connectivity index (χ1n) is 11.3. The second-order valence-corrected chi connectivity index (χ2v) is 8.51. The van der Waals surface area contributed by atoms with Crippen LogP contribution < -0.4 is 20.3 Å². The smallest absolute Gasteiger partial charge is 0.255 e. The quantitative estimate of drug-likeness (QED) is 0.485. The molecule has 7 nitrogen and oxygen atoms in total. The molecule has 2 heterocycles. The van der Waals surface area contributed by atoms with Gasteiger partial charge in [-0.15, -0.1) is 0 Å². The van der Waals surface area contributed by atoms with E-state index in [2.05, 4.69) is 20.5 Å². The van der Waals surface area contributed by atoms with E-state index in [0.29, 0.717) is 28.6 Å². The Bertz CT molecular complexity index is 1110. The average molecular weight is 479 g/mol. The Balaban J connectivity index is 1.27. The van der Waals surface area contributed by atoms with Crippen molar-refractivity contribution in [3.8, 4) is 5.75 Å². The molecule has 176 valence electrons. The van der Waals surface area contributed by atoms with Gasteiger partial charge in [0.2, 0.25) is 5.91 Å². The van der Waals surface area contributed by atoms with Gasteiger partial charge in [-0.25, -0.2) is 4.98 Å². The zero-order chi connectivity index (χ0) is 23.9. The molecule has 0 saturated carbocycles. The maximum absolute atomic E-state index is 12.7. The Morgan fingerprint density at radius 3 is 2.24 bits per heavy atom. The van der Waals surface area contributed by atoms with Crippen molar-refractivity contribution in [3.05, 3.63) is 77.4 Å². The van der Waals surface area contributed by atoms with Gasteiger partial charge < -0.3 is 20.3 Å². The Hall–Kier alpha value is -3.58. The lowest BCUT2D eigenvalue weighted by Gasteiger charge is -2.32. The van der Waals surface area contributed by atoms with Crippen LogP contribution in [-0.4, -0.2) is 36.5 Å². The van der Waals surface area contributed by atoms with Gasteiger partial charge in [-0.3, -0.25) is 9.59 Å². The van der Waals surface area contributed by atoms with Gasteiger partial charge in [0.15, 0.2) is 0 Å². The lowest BCUT2D eigenvalue weighted by atomic mass is 9.95. The largest absolute Gasteiger partial charge is 0.494 e. The molecular formula is C26H27ClN4O3. The molecule has 0 radical (unpaired) electrons. The van der Waals surface area contributed by atoms with Crippen molar-refractivity contribution in [3.63, 3.8) is 0 Å². The van der Waals surface area contributed by atoms with Crippen LogP contribution in [-0.2, 0) is 4.79 Å². The van der Waals surface area contributed by atoms with Gasteiger partial charge in [0.05, 0.1) is 11.6 Å². The zero-order valence-corrected chi connectivity index (χ0v) is 19.7. The lowest BCUT2D eigenvalue weighted by Crippen LogP contribution is -2.38. The summed E-state index contributed by atoms with van der Waals surface area (Å²) in [6.07, 6.45) is 3.13. The second kappa shape index (κ2) is 11.0. The number of aromatic nitrogens is 1. The number of carbonyl (C=O) groups excluding carboxylic acids is 2. The number of nitrogens with one attached hydrogen (secondary N) is 2. The number of amides is 2. The molecule has 2 aromatic carbocycles. The highest BCUT2D eigenvalue weighted by Gasteiger charge is 2.25. The van der Waals surface area contributed by atoms with E-state index in [1.807, 2.05) is 31.2 Å². The number of rotatable bonds is 7. The molecule has 3 aromatic rings. The Labute approximate surface area is 204 Å². The lowest BCUT2D eigenvalue weighted by molar-refractivity contribution is -0.120. The number of ether oxygens (including phenoxy) is 1. The van der Waals surface area contributed by atoms with Crippen LogP contribution in [0.2, 0.25) is 5.02 Å². The summed E-state index contributed by atoms with van der Waals surface area (Å²) in [5.41, 5.74) is 1.87. The minimum atomic E-state index is -0.217. The maximum Gasteiger partial charge on any atom is 0.255 e. The number of halogens is 1. The molecule has 1 aromatic heterocycles. The molecule has 8 heteroatoms. The summed E-state index contributed by atoms with van der Waals surface area (Å²) in [4.78, 5) is 31.8. The average Bonchev–Trinajstić information content (AvgIpc) is 2.86. The van der Waals surface area contributed by atoms with Crippen LogP contribution in [0, 0.1) is 5.92 Å². The van der Waals surface area contributed by atoms with Gasteiger partial charge in [-0.1, -0.05) is 11.6 Å². The molecule has 0 spiro atoms. The van der Waals surface area contributed by atoms with Gasteiger partial charge in [-0.05, 0) is 80.4 Å². The number of hydrogen-bond acceptors (Lipinski definition) is 5. The first kappa shape index (κ1) is 23.6. The third kappa shape index (κ3) is 6.05. The molecular weight excluding hydrogens is 452 g/mol. The standard InChI is InChI=1S/C26H27ClN4O3/c1-2-34-23-10-8-22(9-11-23)30-25(32)18-3-6-21(7-4-18)29-26(33)19-13-15-31(16-14-19)24-12-5-20(27)17-28-24/h3-12,17,19H,2,13-16H2,1H3,(H,29,33)(H,30,32). The van der Waals surface area contributed by atoms with E-state index in [1.165, 1.54) is 0 Å². The van der Waals surface area contributed by atoms with Crippen LogP contribution in [0.4, 0.5) is 17.2 Å². The molecule has 2 N–H and O–H groups in total. The fraction of sp³-hybridized carbons (Fsp3) is 0.269. The molecule has 0 atom stereocenters. The van der Waals surface area contributed by atoms with E-state index in [-0.39, 0.29) is 17.7 Å². The molecule has 4 rings (SSSR count). The van der Waals surface area contributed by atoms with E-state index in [0.717, 1.165) is 37.5 Å². The third-order valence-corrected chi connectivity index (χ3v) is 5.96. The molecule has 2 amide bonds. The highest BCUT2D eigenvalue weighted by Crippen LogP contribution is 2.24. The summed E-state index contributed by atoms with van der Waals surface area (Å²) in [6, 6.07) is 17.8. The van der Waals surface area contributed by atoms with E-state index in [9.17, 15) is 9.59 Å². The molecule has 1 fully saturated rings. The Kier molecular flexibility index (Phi) is 7.65. The van der Waals surface area contributed by atoms with Gasteiger partial charge in [-0.2, -0.15) is 0 Å². The molecule has 0 bridgehead atoms. The van der Waals surface area contributed by atoms with Crippen molar-refractivity contribution >= 4 is 40.6 Å². The SMILES string of the molecule is CCOc1ccc(NC(=O)c2ccc(NC(=O)C3CCN(c4ccc(Cl)cn4)CC3)cc2)cc1. The molecule has 0 aliphatic carbocycles. The number of anilines is 3. The second-order valence-electron chi connectivity index (χ2n) is 8.07. The van der Waals surface area contributed by atoms with E-state index < -0.39 is 0 Å². The number of benzene rings is 2. The summed E-state index contributed by atoms with van der Waals surface area (Å²) in [5, 5.41) is 6.44. The number of nitrogens with zero attached hydrogens (tertiary/aromatic N) is 2. The Morgan fingerprint density at radius 2 is 1.62 bits per heavy atom. The van der Waals surface area contributed by atoms with Crippen molar-refractivity contribution in [2.45, 2.75) is 19.8 Å². The first-order valence-corrected chi connectivity index (χ1v) is 11.7. The fourth-order valence-electron chi connectivity index (χ4n) is 3.88. The number of carbonyl (C=O) groups is 2. The minimum Gasteiger partial charge on any atom is -0.494 e. The van der Waals surface area contributed by atoms with Gasteiger partial charge in [0.25, 0.3) is 5.91 Å². The monoisotopic (exact) mass is 478 g/mol. The van der Waals surface area contributed by atoms with Crippen molar-refractivity contribution in [1.82, 2.24) is 4.98 Å². The molecule has 1 saturated heterocycles. The minimum absolute atomic E-state index is 0.00435. The summed E-state index contributed by atoms with van der Waals surface area (Å²) >= 11 is 5.91. The molecule has 34 heavy (non-hydrogen) atoms. The number of pyridine rings is 1. The third-order valence-electron chi connectivity index (χ3n) is 5.74. The van der Waals surface area contributed by atoms with Crippen LogP contribution in [0.3, 0.4) is 0 Å². The fourth-order valence-corrected chi connectivity index (χ4v) is 3.99. The van der Waals surface area contributed by atoms with E-state index >= 15 is 0 Å². The summed E-state index contributed by atoms with van der Waals surface area (Å²) in [7, 11) is 0. The normalized spacial score (nSPS) is 13.9. The van der Waals surface area contributed by atoms with Gasteiger partial charge in [0.1, 0.15) is 11.6 Å². The Morgan fingerprint density at radius 1 is 0.971 bits per heavy atom. The summed E-state index contributed by atoms with van der Waals surface area (Å²) < 4.78 is 5.41. The van der Waals surface area contributed by atoms with Crippen molar-refractivity contribution in [2.75, 3.05) is 35.2 Å². The maximum atomic E-state index is 12.7. The van der Waals surface area contributed by atoms with Crippen LogP contribution in [0.5, 0.6) is 5.75 Å². The summed E-state index contributed by atoms with van der Waals surface area (Å²) in [5.74, 6) is 1.35. The number of hydrogen-bond donors (Lipinski definition) is 2. The topological polar surface area (TPSA) is 83.6 Å². The van der Waals surface area contributed by atoms with Crippen LogP contribution in [0.25, 0.3) is 0 Å². The first-order chi connectivity index (χ1) is 16.5. The van der Waals surface area contributed by atoms with Crippen LogP contribution in [0.1, 0.15) is 30.1 Å². The zero-order valence-electron chi connectivity index (χ0n) is 19.0. The predicted molar refractivity (Wildman–Crippen MR) is 135 cm³/mol. The van der Waals surface area contributed by atoms with E-state index in [4.69, 9.17) is 16.3 Å². The predicted octanol–water partition coefficient (Wildman–Crippen LogP) is 5.24. The van der Waals surface area contributed by atoms with Crippen molar-refractivity contribution in [1.29, 1.82) is 0 Å². The number of piperidine rings is 1. The van der Waals surface area contributed by atoms with E-state index in [1.54, 1.807) is 42.6 Å². The van der Waals surface area contributed by atoms with Gasteiger partial charge >= 0.3 is 0 Å². The van der Waals surface area contributed by atoms with Crippen LogP contribution in [0.15, 0.2) is 66.9 Å². The van der Waals surface area contributed by atoms with Crippen LogP contribution >= 0.6 is 11.6 Å². The molecule has 1 aliphatic heterocycles. The molecule has 0 unspecified atom stereocenters. The highest BCUT2D eigenvalue weighted by molar-refractivity contribution is 6.30. The van der Waals surface area contributed by atoms with Crippen molar-refractivity contribution < 1.29 is 14.3 Å². The summed E-state index contributed by atoms with van der Waals surface area (Å²) in [6.45, 7) is 4.04. The van der Waals surface area contributed by atoms with Crippen molar-refractivity contribution in [2.24, 2.45) is 5.92 Å².